The van der Waals surface area contributed by atoms with Gasteiger partial charge in [-0.25, -0.2) is 9.48 Å². The summed E-state index contributed by atoms with van der Waals surface area (Å²) < 4.78 is 7.21. The van der Waals surface area contributed by atoms with Gasteiger partial charge < -0.3 is 4.74 Å². The van der Waals surface area contributed by atoms with E-state index in [1.165, 1.54) is 0 Å². The molecule has 112 valence electrons. The van der Waals surface area contributed by atoms with Gasteiger partial charge in [-0.05, 0) is 62.2 Å². The van der Waals surface area contributed by atoms with Gasteiger partial charge in [0.2, 0.25) is 0 Å². The molecule has 0 aliphatic carbocycles. The van der Waals surface area contributed by atoms with Crippen LogP contribution in [-0.4, -0.2) is 21.0 Å². The quantitative estimate of drug-likeness (QED) is 0.549. The van der Waals surface area contributed by atoms with Crippen molar-refractivity contribution in [2.75, 3.05) is 0 Å². The van der Waals surface area contributed by atoms with E-state index in [0.29, 0.717) is 16.8 Å². The maximum atomic E-state index is 12.3. The van der Waals surface area contributed by atoms with Gasteiger partial charge in [0, 0.05) is 6.54 Å². The van der Waals surface area contributed by atoms with Crippen LogP contribution in [0, 0.1) is 13.8 Å². The monoisotopic (exact) mass is 295 g/mol. The third kappa shape index (κ3) is 2.57. The van der Waals surface area contributed by atoms with Crippen LogP contribution in [-0.2, 0) is 6.54 Å². The van der Waals surface area contributed by atoms with Gasteiger partial charge in [-0.1, -0.05) is 11.3 Å². The van der Waals surface area contributed by atoms with Crippen molar-refractivity contribution in [2.45, 2.75) is 27.3 Å². The Hall–Kier alpha value is -2.69. The minimum atomic E-state index is -0.392. The van der Waals surface area contributed by atoms with Gasteiger partial charge in [-0.15, -0.1) is 5.10 Å². The van der Waals surface area contributed by atoms with Crippen molar-refractivity contribution in [3.8, 4) is 5.75 Å². The van der Waals surface area contributed by atoms with Crippen LogP contribution in [0.5, 0.6) is 5.75 Å². The lowest BCUT2D eigenvalue weighted by Gasteiger charge is -2.07. The van der Waals surface area contributed by atoms with Crippen molar-refractivity contribution in [1.29, 1.82) is 0 Å². The summed E-state index contributed by atoms with van der Waals surface area (Å²) in [6.07, 6.45) is 0. The number of fused-ring (bicyclic) bond motifs is 1. The molecule has 1 aromatic heterocycles. The van der Waals surface area contributed by atoms with E-state index in [-0.39, 0.29) is 0 Å². The highest BCUT2D eigenvalue weighted by Gasteiger charge is 2.12. The third-order valence-corrected chi connectivity index (χ3v) is 3.74. The molecule has 0 N–H and O–H groups in total. The molecule has 2 aromatic carbocycles. The van der Waals surface area contributed by atoms with Gasteiger partial charge in [0.05, 0.1) is 11.1 Å². The van der Waals surface area contributed by atoms with Crippen LogP contribution >= 0.6 is 0 Å². The van der Waals surface area contributed by atoms with Crippen LogP contribution in [0.2, 0.25) is 0 Å². The Morgan fingerprint density at radius 1 is 1.14 bits per heavy atom. The highest BCUT2D eigenvalue weighted by molar-refractivity contribution is 5.94. The van der Waals surface area contributed by atoms with E-state index in [4.69, 9.17) is 4.74 Å². The maximum Gasteiger partial charge on any atom is 0.343 e. The number of aryl methyl sites for hydroxylation is 3. The fourth-order valence-electron chi connectivity index (χ4n) is 2.28. The van der Waals surface area contributed by atoms with Crippen molar-refractivity contribution in [2.24, 2.45) is 0 Å². The number of benzene rings is 2. The van der Waals surface area contributed by atoms with Crippen molar-refractivity contribution >= 4 is 17.0 Å². The van der Waals surface area contributed by atoms with E-state index in [1.54, 1.807) is 22.9 Å². The van der Waals surface area contributed by atoms with Crippen molar-refractivity contribution < 1.29 is 9.53 Å². The van der Waals surface area contributed by atoms with Gasteiger partial charge in [0.15, 0.2) is 0 Å². The number of esters is 1. The smallest absolute Gasteiger partial charge is 0.343 e. The first-order chi connectivity index (χ1) is 10.6. The van der Waals surface area contributed by atoms with Gasteiger partial charge in [-0.3, -0.25) is 0 Å². The van der Waals surface area contributed by atoms with E-state index >= 15 is 0 Å². The van der Waals surface area contributed by atoms with Gasteiger partial charge in [0.1, 0.15) is 11.3 Å². The highest BCUT2D eigenvalue weighted by Crippen LogP contribution is 2.19. The number of ether oxygens (including phenoxy) is 1. The summed E-state index contributed by atoms with van der Waals surface area (Å²) >= 11 is 0. The van der Waals surface area contributed by atoms with E-state index < -0.39 is 5.97 Å². The standard InChI is InChI=1S/C17H17N3O2/c1-4-20-16-8-6-13(10-15(16)18-19-20)17(21)22-14-7-5-11(2)12(3)9-14/h5-10H,4H2,1-3H3. The van der Waals surface area contributed by atoms with Crippen molar-refractivity contribution in [3.05, 3.63) is 53.1 Å². The Morgan fingerprint density at radius 2 is 1.95 bits per heavy atom. The molecule has 0 saturated carbocycles. The van der Waals surface area contributed by atoms with E-state index in [9.17, 15) is 4.79 Å². The van der Waals surface area contributed by atoms with Crippen LogP contribution in [0.1, 0.15) is 28.4 Å². The molecule has 0 fully saturated rings. The molecule has 1 heterocycles. The fraction of sp³-hybridized carbons (Fsp3) is 0.235. The first-order valence-corrected chi connectivity index (χ1v) is 7.21. The van der Waals surface area contributed by atoms with Crippen LogP contribution in [0.3, 0.4) is 0 Å². The minimum Gasteiger partial charge on any atom is -0.423 e. The molecule has 0 bridgehead atoms. The molecular formula is C17H17N3O2. The summed E-state index contributed by atoms with van der Waals surface area (Å²) in [7, 11) is 0. The Bertz CT molecular complexity index is 852. The number of carbonyl (C=O) groups excluding carboxylic acids is 1. The number of aromatic nitrogens is 3. The lowest BCUT2D eigenvalue weighted by atomic mass is 10.1. The molecule has 0 radical (unpaired) electrons. The summed E-state index contributed by atoms with van der Waals surface area (Å²) in [5.74, 6) is 0.154. The van der Waals surface area contributed by atoms with Crippen LogP contribution in [0.4, 0.5) is 0 Å². The second kappa shape index (κ2) is 5.60. The molecule has 0 saturated heterocycles. The molecule has 0 atom stereocenters. The third-order valence-electron chi connectivity index (χ3n) is 3.74. The average molecular weight is 295 g/mol. The van der Waals surface area contributed by atoms with E-state index in [0.717, 1.165) is 23.2 Å². The highest BCUT2D eigenvalue weighted by atomic mass is 16.5. The second-order valence-corrected chi connectivity index (χ2v) is 5.24. The predicted molar refractivity (Wildman–Crippen MR) is 84.1 cm³/mol. The number of hydrogen-bond donors (Lipinski definition) is 0. The molecule has 22 heavy (non-hydrogen) atoms. The first-order valence-electron chi connectivity index (χ1n) is 7.21. The molecule has 0 spiro atoms. The topological polar surface area (TPSA) is 57.0 Å². The van der Waals surface area contributed by atoms with Crippen LogP contribution < -0.4 is 4.74 Å². The number of hydrogen-bond acceptors (Lipinski definition) is 4. The number of rotatable bonds is 3. The predicted octanol–water partition coefficient (Wildman–Crippen LogP) is 3.29. The molecule has 5 heteroatoms. The molecule has 5 nitrogen and oxygen atoms in total. The summed E-state index contributed by atoms with van der Waals surface area (Å²) in [5, 5.41) is 8.10. The zero-order valence-corrected chi connectivity index (χ0v) is 12.8. The number of carbonyl (C=O) groups is 1. The minimum absolute atomic E-state index is 0.392. The van der Waals surface area contributed by atoms with Crippen LogP contribution in [0.15, 0.2) is 36.4 Å². The lowest BCUT2D eigenvalue weighted by Crippen LogP contribution is -2.08. The summed E-state index contributed by atoms with van der Waals surface area (Å²) in [4.78, 5) is 12.3. The zero-order chi connectivity index (χ0) is 15.7. The van der Waals surface area contributed by atoms with Crippen molar-refractivity contribution in [3.63, 3.8) is 0 Å². The van der Waals surface area contributed by atoms with E-state index in [1.807, 2.05) is 39.0 Å². The Kier molecular flexibility index (Phi) is 3.63. The Morgan fingerprint density at radius 3 is 2.68 bits per heavy atom. The SMILES string of the molecule is CCn1nnc2cc(C(=O)Oc3ccc(C)c(C)c3)ccc21. The normalized spacial score (nSPS) is 10.9. The summed E-state index contributed by atoms with van der Waals surface area (Å²) in [5.41, 5.74) is 4.32. The Balaban J connectivity index is 1.86. The number of nitrogens with zero attached hydrogens (tertiary/aromatic N) is 3. The van der Waals surface area contributed by atoms with Crippen molar-refractivity contribution in [1.82, 2.24) is 15.0 Å². The molecule has 0 amide bonds. The summed E-state index contributed by atoms with van der Waals surface area (Å²) in [6, 6.07) is 10.9. The summed E-state index contributed by atoms with van der Waals surface area (Å²) in [6.45, 7) is 6.74. The molecule has 0 aliphatic rings. The molecule has 0 unspecified atom stereocenters. The zero-order valence-electron chi connectivity index (χ0n) is 12.8. The molecule has 0 aliphatic heterocycles. The molecule has 3 rings (SSSR count). The Labute approximate surface area is 128 Å². The lowest BCUT2D eigenvalue weighted by molar-refractivity contribution is 0.0735. The van der Waals surface area contributed by atoms with Gasteiger partial charge in [-0.2, -0.15) is 0 Å². The van der Waals surface area contributed by atoms with Crippen LogP contribution in [0.25, 0.3) is 11.0 Å². The molecule has 3 aromatic rings. The van der Waals surface area contributed by atoms with E-state index in [2.05, 4.69) is 10.3 Å². The first kappa shape index (κ1) is 14.3. The average Bonchev–Trinajstić information content (AvgIpc) is 2.93. The fourth-order valence-corrected chi connectivity index (χ4v) is 2.28. The van der Waals surface area contributed by atoms with Gasteiger partial charge >= 0.3 is 5.97 Å². The second-order valence-electron chi connectivity index (χ2n) is 5.24. The largest absolute Gasteiger partial charge is 0.423 e. The maximum absolute atomic E-state index is 12.3. The molecular weight excluding hydrogens is 278 g/mol. The van der Waals surface area contributed by atoms with Gasteiger partial charge in [0.25, 0.3) is 0 Å².